The fourth-order valence-corrected chi connectivity index (χ4v) is 7.51. The van der Waals surface area contributed by atoms with E-state index < -0.39 is 0 Å². The van der Waals surface area contributed by atoms with E-state index >= 15 is 0 Å². The number of nitrogens with zero attached hydrogens (tertiary/aromatic N) is 3. The number of benzene rings is 7. The summed E-state index contributed by atoms with van der Waals surface area (Å²) in [6.07, 6.45) is 0. The van der Waals surface area contributed by atoms with Crippen LogP contribution in [0.2, 0.25) is 0 Å². The summed E-state index contributed by atoms with van der Waals surface area (Å²) in [4.78, 5) is 0. The van der Waals surface area contributed by atoms with E-state index in [1.807, 2.05) is 36.4 Å². The second-order valence-electron chi connectivity index (χ2n) is 12.1. The number of fused-ring (bicyclic) bond motifs is 9. The minimum absolute atomic E-state index is 0.645. The Balaban J connectivity index is 1.36. The van der Waals surface area contributed by atoms with Crippen molar-refractivity contribution in [3.8, 4) is 28.6 Å². The number of aromatic nitrogens is 2. The van der Waals surface area contributed by atoms with Gasteiger partial charge in [-0.2, -0.15) is 5.26 Å². The lowest BCUT2D eigenvalue weighted by atomic mass is 9.99. The SMILES string of the molecule is N#Cc1ccccc1-c1cc(-n2c3ccccc3c3ccccc32)cc(-n2c3ccccc3c3cc4oc5ccccc5c4cc32)c1. The predicted octanol–water partition coefficient (Wildman–Crippen LogP) is 11.3. The van der Waals surface area contributed by atoms with Crippen LogP contribution in [-0.2, 0) is 0 Å². The van der Waals surface area contributed by atoms with Crippen molar-refractivity contribution in [2.24, 2.45) is 0 Å². The van der Waals surface area contributed by atoms with Crippen molar-refractivity contribution >= 4 is 65.6 Å². The van der Waals surface area contributed by atoms with Gasteiger partial charge >= 0.3 is 0 Å². The smallest absolute Gasteiger partial charge is 0.136 e. The zero-order chi connectivity index (χ0) is 31.1. The lowest BCUT2D eigenvalue weighted by molar-refractivity contribution is 0.669. The molecule has 0 fully saturated rings. The number of furan rings is 1. The molecule has 0 saturated heterocycles. The lowest BCUT2D eigenvalue weighted by Crippen LogP contribution is -2.00. The third kappa shape index (κ3) is 3.69. The molecule has 3 aromatic heterocycles. The average molecular weight is 600 g/mol. The molecule has 7 aromatic carbocycles. The molecule has 47 heavy (non-hydrogen) atoms. The Morgan fingerprint density at radius 3 is 1.62 bits per heavy atom. The van der Waals surface area contributed by atoms with Gasteiger partial charge in [-0.3, -0.25) is 0 Å². The normalized spacial score (nSPS) is 11.8. The number of rotatable bonds is 3. The first-order valence-corrected chi connectivity index (χ1v) is 15.7. The highest BCUT2D eigenvalue weighted by molar-refractivity contribution is 6.17. The number of nitriles is 1. The largest absolute Gasteiger partial charge is 0.456 e. The van der Waals surface area contributed by atoms with Crippen molar-refractivity contribution in [2.45, 2.75) is 0 Å². The van der Waals surface area contributed by atoms with E-state index in [1.54, 1.807) is 0 Å². The number of para-hydroxylation sites is 4. The zero-order valence-corrected chi connectivity index (χ0v) is 25.2. The van der Waals surface area contributed by atoms with Gasteiger partial charge in [0.15, 0.2) is 0 Å². The molecule has 0 spiro atoms. The maximum atomic E-state index is 10.1. The Hall–Kier alpha value is -6.57. The van der Waals surface area contributed by atoms with Gasteiger partial charge in [-0.05, 0) is 71.8 Å². The summed E-state index contributed by atoms with van der Waals surface area (Å²) in [5.41, 5.74) is 10.8. The average Bonchev–Trinajstić information content (AvgIpc) is 3.77. The molecule has 10 rings (SSSR count). The van der Waals surface area contributed by atoms with Gasteiger partial charge in [0.2, 0.25) is 0 Å². The van der Waals surface area contributed by atoms with Gasteiger partial charge < -0.3 is 13.6 Å². The van der Waals surface area contributed by atoms with Crippen LogP contribution < -0.4 is 0 Å². The molecular formula is C43H25N3O. The molecule has 0 amide bonds. The summed E-state index contributed by atoms with van der Waals surface area (Å²) in [7, 11) is 0. The first kappa shape index (κ1) is 25.7. The second kappa shape index (κ2) is 9.71. The van der Waals surface area contributed by atoms with Gasteiger partial charge in [-0.1, -0.05) is 91.0 Å². The lowest BCUT2D eigenvalue weighted by Gasteiger charge is -2.16. The molecule has 0 aliphatic rings. The molecule has 0 radical (unpaired) electrons. The van der Waals surface area contributed by atoms with Gasteiger partial charge in [0.1, 0.15) is 11.2 Å². The minimum atomic E-state index is 0.645. The van der Waals surface area contributed by atoms with Crippen LogP contribution in [0.15, 0.2) is 156 Å². The van der Waals surface area contributed by atoms with Crippen molar-refractivity contribution in [3.05, 3.63) is 157 Å². The standard InChI is InChI=1S/C43H25N3O/c44-26-27-11-1-2-12-31(27)28-21-29(45-38-17-7-3-13-32(38)33-14-4-8-18-39(33)45)23-30(22-28)46-40-19-9-5-15-34(40)36-25-43-37(24-41(36)46)35-16-6-10-20-42(35)47-43/h1-25H. The highest BCUT2D eigenvalue weighted by atomic mass is 16.3. The molecule has 0 N–H and O–H groups in total. The van der Waals surface area contributed by atoms with Gasteiger partial charge in [-0.15, -0.1) is 0 Å². The van der Waals surface area contributed by atoms with E-state index in [0.29, 0.717) is 5.56 Å². The maximum absolute atomic E-state index is 10.1. The number of hydrogen-bond acceptors (Lipinski definition) is 2. The molecule has 10 aromatic rings. The van der Waals surface area contributed by atoms with Crippen LogP contribution in [0.3, 0.4) is 0 Å². The van der Waals surface area contributed by atoms with Crippen molar-refractivity contribution in [1.29, 1.82) is 5.26 Å². The van der Waals surface area contributed by atoms with E-state index in [9.17, 15) is 5.26 Å². The Bertz CT molecular complexity index is 2880. The predicted molar refractivity (Wildman–Crippen MR) is 193 cm³/mol. The topological polar surface area (TPSA) is 46.8 Å². The summed E-state index contributed by atoms with van der Waals surface area (Å²) in [5.74, 6) is 0. The Labute approximate surface area is 269 Å². The van der Waals surface area contributed by atoms with Gasteiger partial charge in [0, 0.05) is 43.7 Å². The summed E-state index contributed by atoms with van der Waals surface area (Å²) in [5, 5.41) is 17.0. The van der Waals surface area contributed by atoms with E-state index in [2.05, 4.69) is 130 Å². The van der Waals surface area contributed by atoms with Crippen LogP contribution in [0.1, 0.15) is 5.56 Å². The van der Waals surface area contributed by atoms with Crippen LogP contribution in [-0.4, -0.2) is 9.13 Å². The van der Waals surface area contributed by atoms with Gasteiger partial charge in [-0.25, -0.2) is 0 Å². The Morgan fingerprint density at radius 1 is 0.426 bits per heavy atom. The van der Waals surface area contributed by atoms with Crippen LogP contribution in [0.25, 0.3) is 88.1 Å². The first-order valence-electron chi connectivity index (χ1n) is 15.7. The third-order valence-electron chi connectivity index (χ3n) is 9.53. The molecule has 0 aliphatic carbocycles. The summed E-state index contributed by atoms with van der Waals surface area (Å²) < 4.78 is 11.0. The van der Waals surface area contributed by atoms with Crippen LogP contribution >= 0.6 is 0 Å². The van der Waals surface area contributed by atoms with Crippen molar-refractivity contribution in [3.63, 3.8) is 0 Å². The Kier molecular flexibility index (Phi) is 5.32. The summed E-state index contributed by atoms with van der Waals surface area (Å²) in [6, 6.07) is 55.4. The molecule has 0 aliphatic heterocycles. The van der Waals surface area contributed by atoms with Crippen molar-refractivity contribution in [1.82, 2.24) is 9.13 Å². The molecule has 218 valence electrons. The molecule has 4 nitrogen and oxygen atoms in total. The van der Waals surface area contributed by atoms with Crippen molar-refractivity contribution in [2.75, 3.05) is 0 Å². The highest BCUT2D eigenvalue weighted by Crippen LogP contribution is 2.40. The highest BCUT2D eigenvalue weighted by Gasteiger charge is 2.19. The molecule has 0 unspecified atom stereocenters. The molecule has 0 saturated carbocycles. The molecule has 4 heteroatoms. The fraction of sp³-hybridized carbons (Fsp3) is 0. The van der Waals surface area contributed by atoms with E-state index in [4.69, 9.17) is 4.42 Å². The third-order valence-corrected chi connectivity index (χ3v) is 9.53. The summed E-state index contributed by atoms with van der Waals surface area (Å²) >= 11 is 0. The zero-order valence-electron chi connectivity index (χ0n) is 25.2. The van der Waals surface area contributed by atoms with Crippen LogP contribution in [0.5, 0.6) is 0 Å². The summed E-state index contributed by atoms with van der Waals surface area (Å²) in [6.45, 7) is 0. The molecule has 3 heterocycles. The van der Waals surface area contributed by atoms with Gasteiger partial charge in [0.05, 0.1) is 33.7 Å². The minimum Gasteiger partial charge on any atom is -0.456 e. The molecule has 0 atom stereocenters. The maximum Gasteiger partial charge on any atom is 0.136 e. The van der Waals surface area contributed by atoms with E-state index in [-0.39, 0.29) is 0 Å². The fourth-order valence-electron chi connectivity index (χ4n) is 7.51. The van der Waals surface area contributed by atoms with E-state index in [0.717, 1.165) is 77.3 Å². The van der Waals surface area contributed by atoms with Gasteiger partial charge in [0.25, 0.3) is 0 Å². The van der Waals surface area contributed by atoms with Crippen LogP contribution in [0, 0.1) is 11.3 Å². The van der Waals surface area contributed by atoms with Crippen LogP contribution in [0.4, 0.5) is 0 Å². The first-order chi connectivity index (χ1) is 23.3. The molecule has 0 bridgehead atoms. The number of hydrogen-bond donors (Lipinski definition) is 0. The monoisotopic (exact) mass is 599 g/mol. The quantitative estimate of drug-likeness (QED) is 0.203. The second-order valence-corrected chi connectivity index (χ2v) is 12.1. The van der Waals surface area contributed by atoms with E-state index in [1.165, 1.54) is 10.8 Å². The Morgan fingerprint density at radius 2 is 0.957 bits per heavy atom. The van der Waals surface area contributed by atoms with Crippen molar-refractivity contribution < 1.29 is 4.42 Å². The molecular weight excluding hydrogens is 574 g/mol.